The number of hydrogen-bond acceptors (Lipinski definition) is 1. The molecule has 1 heterocycles. The third-order valence-corrected chi connectivity index (χ3v) is 11.0. The summed E-state index contributed by atoms with van der Waals surface area (Å²) >= 11 is 1.88. The van der Waals surface area contributed by atoms with E-state index in [9.17, 15) is 0 Å². The van der Waals surface area contributed by atoms with Gasteiger partial charge in [-0.2, -0.15) is 0 Å². The van der Waals surface area contributed by atoms with Gasteiger partial charge in [0.25, 0.3) is 0 Å². The normalized spacial score (nSPS) is 11.8. The molecule has 0 saturated carbocycles. The van der Waals surface area contributed by atoms with Crippen LogP contribution in [0.25, 0.3) is 96.6 Å². The quantitative estimate of drug-likeness (QED) is 0.174. The van der Waals surface area contributed by atoms with E-state index < -0.39 is 0 Å². The molecule has 0 atom stereocenters. The zero-order chi connectivity index (χ0) is 30.9. The Morgan fingerprint density at radius 1 is 0.277 bits per heavy atom. The van der Waals surface area contributed by atoms with Gasteiger partial charge in [0.1, 0.15) is 0 Å². The van der Waals surface area contributed by atoms with Gasteiger partial charge in [-0.3, -0.25) is 0 Å². The first-order valence-corrected chi connectivity index (χ1v) is 17.0. The smallest absolute Gasteiger partial charge is 0.0362 e. The van der Waals surface area contributed by atoms with E-state index >= 15 is 0 Å². The maximum absolute atomic E-state index is 2.39. The first-order chi connectivity index (χ1) is 23.3. The number of hydrogen-bond donors (Lipinski definition) is 0. The molecule has 0 radical (unpaired) electrons. The van der Waals surface area contributed by atoms with Crippen LogP contribution in [0, 0.1) is 0 Å². The lowest BCUT2D eigenvalue weighted by atomic mass is 9.85. The minimum atomic E-state index is 1.23. The average Bonchev–Trinajstić information content (AvgIpc) is 3.50. The fourth-order valence-corrected chi connectivity index (χ4v) is 8.79. The molecule has 0 aliphatic carbocycles. The van der Waals surface area contributed by atoms with E-state index in [1.807, 2.05) is 11.3 Å². The van der Waals surface area contributed by atoms with Gasteiger partial charge in [0.2, 0.25) is 0 Å². The second-order valence-corrected chi connectivity index (χ2v) is 13.5. The van der Waals surface area contributed by atoms with Crippen LogP contribution in [0.15, 0.2) is 170 Å². The Hall–Kier alpha value is -5.76. The van der Waals surface area contributed by atoms with E-state index in [4.69, 9.17) is 0 Å². The molecule has 1 heteroatoms. The number of benzene rings is 9. The van der Waals surface area contributed by atoms with Crippen molar-refractivity contribution in [1.82, 2.24) is 0 Å². The molecular weight excluding hydrogens is 585 g/mol. The zero-order valence-electron chi connectivity index (χ0n) is 25.6. The maximum Gasteiger partial charge on any atom is 0.0362 e. The summed E-state index contributed by atoms with van der Waals surface area (Å²) in [5.74, 6) is 0. The molecule has 0 nitrogen and oxygen atoms in total. The highest BCUT2D eigenvalue weighted by Gasteiger charge is 2.17. The van der Waals surface area contributed by atoms with Gasteiger partial charge in [0, 0.05) is 20.2 Å². The van der Waals surface area contributed by atoms with Crippen molar-refractivity contribution in [3.05, 3.63) is 170 Å². The van der Waals surface area contributed by atoms with Crippen molar-refractivity contribution in [3.63, 3.8) is 0 Å². The van der Waals surface area contributed by atoms with Crippen LogP contribution in [0.3, 0.4) is 0 Å². The summed E-state index contributed by atoms with van der Waals surface area (Å²) in [4.78, 5) is 0. The topological polar surface area (TPSA) is 0 Å². The lowest BCUT2D eigenvalue weighted by Crippen LogP contribution is -1.91. The molecule has 9 aromatic carbocycles. The Morgan fingerprint density at radius 3 is 1.55 bits per heavy atom. The van der Waals surface area contributed by atoms with E-state index in [-0.39, 0.29) is 0 Å². The molecule has 10 rings (SSSR count). The Balaban J connectivity index is 1.15. The lowest BCUT2D eigenvalue weighted by Gasteiger charge is -2.18. The van der Waals surface area contributed by atoms with Crippen LogP contribution in [0.2, 0.25) is 0 Å². The maximum atomic E-state index is 2.39. The molecular formula is C46H28S. The largest absolute Gasteiger partial charge is 0.135 e. The van der Waals surface area contributed by atoms with Gasteiger partial charge in [-0.25, -0.2) is 0 Å². The van der Waals surface area contributed by atoms with E-state index in [2.05, 4.69) is 170 Å². The Morgan fingerprint density at radius 2 is 0.830 bits per heavy atom. The molecule has 0 unspecified atom stereocenters. The zero-order valence-corrected chi connectivity index (χ0v) is 26.4. The van der Waals surface area contributed by atoms with Crippen molar-refractivity contribution in [2.75, 3.05) is 0 Å². The molecule has 0 aliphatic heterocycles. The van der Waals surface area contributed by atoms with Crippen LogP contribution in [0.5, 0.6) is 0 Å². The molecule has 0 N–H and O–H groups in total. The predicted molar refractivity (Wildman–Crippen MR) is 206 cm³/mol. The molecule has 218 valence electrons. The summed E-state index contributed by atoms with van der Waals surface area (Å²) in [6.45, 7) is 0. The molecule has 0 amide bonds. The number of thiophene rings is 1. The first-order valence-electron chi connectivity index (χ1n) is 16.2. The highest BCUT2D eigenvalue weighted by atomic mass is 32.1. The minimum Gasteiger partial charge on any atom is -0.135 e. The van der Waals surface area contributed by atoms with Crippen LogP contribution in [0.1, 0.15) is 0 Å². The Labute approximate surface area is 276 Å². The van der Waals surface area contributed by atoms with Crippen molar-refractivity contribution < 1.29 is 0 Å². The molecule has 10 aromatic rings. The summed E-state index contributed by atoms with van der Waals surface area (Å²) in [7, 11) is 0. The Kier molecular flexibility index (Phi) is 5.85. The SMILES string of the molecule is c1ccc2cc(-c3c4ccccc4c(-c4ccc(-c5cccc6cc7c(cc56)sc5ccccc57)cc4)c4ccccc34)ccc2c1. The summed E-state index contributed by atoms with van der Waals surface area (Å²) in [5, 5.41) is 12.9. The molecule has 1 aromatic heterocycles. The summed E-state index contributed by atoms with van der Waals surface area (Å²) in [5.41, 5.74) is 7.58. The van der Waals surface area contributed by atoms with Crippen molar-refractivity contribution in [1.29, 1.82) is 0 Å². The van der Waals surface area contributed by atoms with Crippen molar-refractivity contribution in [2.45, 2.75) is 0 Å². The lowest BCUT2D eigenvalue weighted by molar-refractivity contribution is 1.64. The van der Waals surface area contributed by atoms with Gasteiger partial charge in [0.15, 0.2) is 0 Å². The monoisotopic (exact) mass is 612 g/mol. The van der Waals surface area contributed by atoms with Crippen molar-refractivity contribution >= 4 is 74.6 Å². The van der Waals surface area contributed by atoms with Gasteiger partial charge in [-0.1, -0.05) is 146 Å². The van der Waals surface area contributed by atoms with Gasteiger partial charge in [0.05, 0.1) is 0 Å². The Bertz CT molecular complexity index is 2780. The predicted octanol–water partition coefficient (Wildman–Crippen LogP) is 13.7. The van der Waals surface area contributed by atoms with Crippen molar-refractivity contribution in [3.8, 4) is 33.4 Å². The average molecular weight is 613 g/mol. The van der Waals surface area contributed by atoms with Crippen LogP contribution in [0.4, 0.5) is 0 Å². The van der Waals surface area contributed by atoms with Crippen LogP contribution >= 0.6 is 11.3 Å². The highest BCUT2D eigenvalue weighted by Crippen LogP contribution is 2.45. The molecule has 0 spiro atoms. The molecule has 0 fully saturated rings. The van der Waals surface area contributed by atoms with E-state index in [1.165, 1.54) is 96.6 Å². The van der Waals surface area contributed by atoms with E-state index in [0.717, 1.165) is 0 Å². The van der Waals surface area contributed by atoms with Gasteiger partial charge < -0.3 is 0 Å². The third-order valence-electron chi connectivity index (χ3n) is 9.83. The van der Waals surface area contributed by atoms with Crippen LogP contribution < -0.4 is 0 Å². The third kappa shape index (κ3) is 4.14. The second kappa shape index (κ2) is 10.4. The van der Waals surface area contributed by atoms with E-state index in [0.29, 0.717) is 0 Å². The standard InChI is InChI=1S/C46H28S/c1-2-11-32-26-34(25-20-29(32)10-1)46-39-16-5-3-14-37(39)45(38-15-4-6-17-40(38)46)31-23-21-30(22-24-31)35-18-9-12-33-27-42-36-13-7-8-19-43(36)47-44(42)28-41(33)35/h1-28H. The summed E-state index contributed by atoms with van der Waals surface area (Å²) < 4.78 is 2.68. The molecule has 47 heavy (non-hydrogen) atoms. The first kappa shape index (κ1) is 26.5. The fraction of sp³-hybridized carbons (Fsp3) is 0. The highest BCUT2D eigenvalue weighted by molar-refractivity contribution is 7.25. The second-order valence-electron chi connectivity index (χ2n) is 12.5. The van der Waals surface area contributed by atoms with Crippen molar-refractivity contribution in [2.24, 2.45) is 0 Å². The summed E-state index contributed by atoms with van der Waals surface area (Å²) in [6.07, 6.45) is 0. The van der Waals surface area contributed by atoms with Crippen LogP contribution in [-0.2, 0) is 0 Å². The molecule has 0 bridgehead atoms. The molecule has 0 aliphatic rings. The van der Waals surface area contributed by atoms with E-state index in [1.54, 1.807) is 0 Å². The van der Waals surface area contributed by atoms with Gasteiger partial charge in [-0.15, -0.1) is 11.3 Å². The summed E-state index contributed by atoms with van der Waals surface area (Å²) in [6, 6.07) is 62.8. The van der Waals surface area contributed by atoms with Crippen LogP contribution in [-0.4, -0.2) is 0 Å². The number of fused-ring (bicyclic) bond motifs is 7. The molecule has 0 saturated heterocycles. The minimum absolute atomic E-state index is 1.23. The fourth-order valence-electron chi connectivity index (χ4n) is 7.66. The van der Waals surface area contributed by atoms with Gasteiger partial charge >= 0.3 is 0 Å². The number of rotatable bonds is 3. The van der Waals surface area contributed by atoms with Gasteiger partial charge in [-0.05, 0) is 101 Å².